The molecular weight excluding hydrogens is 242 g/mol. The molecule has 2 N–H and O–H groups in total. The first-order valence-electron chi connectivity index (χ1n) is 7.68. The van der Waals surface area contributed by atoms with E-state index in [4.69, 9.17) is 9.47 Å². The number of methoxy groups -OCH3 is 1. The molecule has 19 heavy (non-hydrogen) atoms. The fourth-order valence-electron chi connectivity index (χ4n) is 3.68. The number of hydrogen-bond acceptors (Lipinski definition) is 4. The topological polar surface area (TPSA) is 50.7 Å². The Morgan fingerprint density at radius 2 is 2.11 bits per heavy atom. The molecule has 0 aromatic rings. The summed E-state index contributed by atoms with van der Waals surface area (Å²) in [5.74, 6) is 2.80. The van der Waals surface area contributed by atoms with E-state index in [9.17, 15) is 5.11 Å². The zero-order valence-electron chi connectivity index (χ0n) is 12.3. The van der Waals surface area contributed by atoms with Gasteiger partial charge in [0.2, 0.25) is 0 Å². The predicted octanol–water partition coefficient (Wildman–Crippen LogP) is 1.42. The van der Waals surface area contributed by atoms with Crippen LogP contribution in [0.15, 0.2) is 0 Å². The van der Waals surface area contributed by atoms with Gasteiger partial charge in [0.1, 0.15) is 0 Å². The number of fused-ring (bicyclic) bond motifs is 2. The van der Waals surface area contributed by atoms with Gasteiger partial charge in [-0.15, -0.1) is 0 Å². The lowest BCUT2D eigenvalue weighted by Gasteiger charge is -2.23. The Morgan fingerprint density at radius 1 is 1.26 bits per heavy atom. The first kappa shape index (κ1) is 15.2. The van der Waals surface area contributed by atoms with Crippen LogP contribution in [0, 0.1) is 17.8 Å². The van der Waals surface area contributed by atoms with Crippen LogP contribution < -0.4 is 5.32 Å². The van der Waals surface area contributed by atoms with Crippen molar-refractivity contribution in [2.45, 2.75) is 44.8 Å². The molecule has 0 aliphatic heterocycles. The van der Waals surface area contributed by atoms with Gasteiger partial charge in [-0.2, -0.15) is 0 Å². The number of ether oxygens (including phenoxy) is 2. The van der Waals surface area contributed by atoms with Crippen LogP contribution in [-0.2, 0) is 9.47 Å². The van der Waals surface area contributed by atoms with Gasteiger partial charge >= 0.3 is 0 Å². The lowest BCUT2D eigenvalue weighted by Crippen LogP contribution is -2.35. The highest BCUT2D eigenvalue weighted by atomic mass is 16.5. The lowest BCUT2D eigenvalue weighted by molar-refractivity contribution is -0.0312. The third-order valence-electron chi connectivity index (χ3n) is 4.65. The van der Waals surface area contributed by atoms with E-state index >= 15 is 0 Å². The Hall–Kier alpha value is -0.160. The van der Waals surface area contributed by atoms with Gasteiger partial charge in [0.05, 0.1) is 25.4 Å². The molecule has 0 spiro atoms. The summed E-state index contributed by atoms with van der Waals surface area (Å²) in [6.07, 6.45) is 5.36. The van der Waals surface area contributed by atoms with Gasteiger partial charge in [-0.05, 0) is 50.5 Å². The second kappa shape index (κ2) is 7.58. The highest BCUT2D eigenvalue weighted by molar-refractivity contribution is 4.90. The normalized spacial score (nSPS) is 32.7. The van der Waals surface area contributed by atoms with Crippen LogP contribution in [0.5, 0.6) is 0 Å². The second-order valence-electron chi connectivity index (χ2n) is 6.35. The van der Waals surface area contributed by atoms with E-state index in [2.05, 4.69) is 5.32 Å². The molecule has 112 valence electrons. The smallest absolute Gasteiger partial charge is 0.0897 e. The first-order chi connectivity index (χ1) is 9.19. The number of aliphatic hydroxyl groups excluding tert-OH is 1. The van der Waals surface area contributed by atoms with Gasteiger partial charge in [-0.1, -0.05) is 6.42 Å². The molecule has 2 rings (SSSR count). The Morgan fingerprint density at radius 3 is 2.74 bits per heavy atom. The van der Waals surface area contributed by atoms with Gasteiger partial charge in [-0.3, -0.25) is 0 Å². The molecule has 5 atom stereocenters. The lowest BCUT2D eigenvalue weighted by atomic mass is 9.89. The molecule has 0 saturated heterocycles. The summed E-state index contributed by atoms with van der Waals surface area (Å²) in [4.78, 5) is 0. The van der Waals surface area contributed by atoms with E-state index in [1.54, 1.807) is 7.11 Å². The zero-order valence-corrected chi connectivity index (χ0v) is 12.3. The Kier molecular flexibility index (Phi) is 6.07. The van der Waals surface area contributed by atoms with Gasteiger partial charge in [0, 0.05) is 13.7 Å². The van der Waals surface area contributed by atoms with Crippen LogP contribution >= 0.6 is 0 Å². The average molecular weight is 271 g/mol. The Bertz CT molecular complexity index is 262. The van der Waals surface area contributed by atoms with E-state index < -0.39 is 6.10 Å². The SMILES string of the molecule is COCC(C)OCC(O)CNCC1CC2CCC1C2. The quantitative estimate of drug-likeness (QED) is 0.666. The van der Waals surface area contributed by atoms with Crippen LogP contribution in [0.1, 0.15) is 32.6 Å². The summed E-state index contributed by atoms with van der Waals surface area (Å²) in [5.41, 5.74) is 0. The molecule has 2 fully saturated rings. The van der Waals surface area contributed by atoms with Crippen molar-refractivity contribution in [3.05, 3.63) is 0 Å². The number of nitrogens with one attached hydrogen (secondary N) is 1. The molecule has 0 aromatic heterocycles. The number of aliphatic hydroxyl groups is 1. The van der Waals surface area contributed by atoms with Crippen molar-refractivity contribution >= 4 is 0 Å². The minimum Gasteiger partial charge on any atom is -0.389 e. The van der Waals surface area contributed by atoms with Crippen molar-refractivity contribution < 1.29 is 14.6 Å². The average Bonchev–Trinajstić information content (AvgIpc) is 2.99. The van der Waals surface area contributed by atoms with E-state index in [0.717, 1.165) is 24.3 Å². The van der Waals surface area contributed by atoms with Crippen molar-refractivity contribution in [1.82, 2.24) is 5.32 Å². The van der Waals surface area contributed by atoms with E-state index in [1.807, 2.05) is 6.92 Å². The van der Waals surface area contributed by atoms with Crippen LogP contribution in [0.2, 0.25) is 0 Å². The minimum atomic E-state index is -0.419. The largest absolute Gasteiger partial charge is 0.389 e. The number of hydrogen-bond donors (Lipinski definition) is 2. The van der Waals surface area contributed by atoms with E-state index in [-0.39, 0.29) is 6.10 Å². The number of rotatable bonds is 9. The summed E-state index contributed by atoms with van der Waals surface area (Å²) < 4.78 is 10.5. The fourth-order valence-corrected chi connectivity index (χ4v) is 3.68. The molecule has 2 aliphatic carbocycles. The summed E-state index contributed by atoms with van der Waals surface area (Å²) in [5, 5.41) is 13.3. The summed E-state index contributed by atoms with van der Waals surface area (Å²) in [6, 6.07) is 0. The summed E-state index contributed by atoms with van der Waals surface area (Å²) in [6.45, 7) is 4.61. The van der Waals surface area contributed by atoms with Gasteiger partial charge in [-0.25, -0.2) is 0 Å². The van der Waals surface area contributed by atoms with Crippen molar-refractivity contribution in [3.8, 4) is 0 Å². The maximum absolute atomic E-state index is 9.84. The minimum absolute atomic E-state index is 0.0465. The van der Waals surface area contributed by atoms with Crippen molar-refractivity contribution in [1.29, 1.82) is 0 Å². The van der Waals surface area contributed by atoms with Crippen molar-refractivity contribution in [2.75, 3.05) is 33.4 Å². The first-order valence-corrected chi connectivity index (χ1v) is 7.68. The molecule has 5 unspecified atom stereocenters. The van der Waals surface area contributed by atoms with Gasteiger partial charge < -0.3 is 19.9 Å². The van der Waals surface area contributed by atoms with Crippen LogP contribution in [-0.4, -0.2) is 50.7 Å². The maximum Gasteiger partial charge on any atom is 0.0897 e. The van der Waals surface area contributed by atoms with Crippen LogP contribution in [0.3, 0.4) is 0 Å². The molecule has 0 amide bonds. The fraction of sp³-hybridized carbons (Fsp3) is 1.00. The highest BCUT2D eigenvalue weighted by Gasteiger charge is 2.38. The standard InChI is InChI=1S/C15H29NO3/c1-11(9-18-2)19-10-15(17)8-16-7-14-6-12-3-4-13(14)5-12/h11-17H,3-10H2,1-2H3. The molecule has 0 radical (unpaired) electrons. The van der Waals surface area contributed by atoms with E-state index in [1.165, 1.54) is 25.7 Å². The third-order valence-corrected chi connectivity index (χ3v) is 4.65. The van der Waals surface area contributed by atoms with Crippen molar-refractivity contribution in [3.63, 3.8) is 0 Å². The summed E-state index contributed by atoms with van der Waals surface area (Å²) in [7, 11) is 1.66. The molecule has 0 aromatic carbocycles. The van der Waals surface area contributed by atoms with Crippen molar-refractivity contribution in [2.24, 2.45) is 17.8 Å². The molecule has 0 heterocycles. The summed E-state index contributed by atoms with van der Waals surface area (Å²) >= 11 is 0. The second-order valence-corrected chi connectivity index (χ2v) is 6.35. The monoisotopic (exact) mass is 271 g/mol. The Labute approximate surface area is 116 Å². The molecule has 2 aliphatic rings. The van der Waals surface area contributed by atoms with Gasteiger partial charge in [0.15, 0.2) is 0 Å². The molecule has 4 heteroatoms. The maximum atomic E-state index is 9.84. The third kappa shape index (κ3) is 4.71. The van der Waals surface area contributed by atoms with Crippen LogP contribution in [0.4, 0.5) is 0 Å². The highest BCUT2D eigenvalue weighted by Crippen LogP contribution is 2.47. The molecular formula is C15H29NO3. The molecule has 2 bridgehead atoms. The molecule has 2 saturated carbocycles. The van der Waals surface area contributed by atoms with Gasteiger partial charge in [0.25, 0.3) is 0 Å². The van der Waals surface area contributed by atoms with Crippen LogP contribution in [0.25, 0.3) is 0 Å². The zero-order chi connectivity index (χ0) is 13.7. The molecule has 4 nitrogen and oxygen atoms in total. The predicted molar refractivity (Wildman–Crippen MR) is 75.1 cm³/mol. The Balaban J connectivity index is 1.51. The van der Waals surface area contributed by atoms with E-state index in [0.29, 0.717) is 19.8 Å².